The third-order valence-electron chi connectivity index (χ3n) is 2.81. The largest absolute Gasteiger partial charge is 0.455 e. The number of sulfone groups is 1. The average Bonchev–Trinajstić information content (AvgIpc) is 2.40. The monoisotopic (exact) mass is 306 g/mol. The second-order valence-corrected chi connectivity index (χ2v) is 6.44. The maximum Gasteiger partial charge on any atom is 0.250 e. The zero-order chi connectivity index (χ0) is 15.6. The summed E-state index contributed by atoms with van der Waals surface area (Å²) in [7, 11) is -3.26. The van der Waals surface area contributed by atoms with Crippen molar-refractivity contribution in [2.75, 3.05) is 12.0 Å². The molecule has 2 aromatic carbocycles. The summed E-state index contributed by atoms with van der Waals surface area (Å²) in [6.45, 7) is 0. The number of primary amides is 1. The Kier molecular flexibility index (Phi) is 3.86. The highest BCUT2D eigenvalue weighted by Gasteiger charge is 2.12. The van der Waals surface area contributed by atoms with Crippen LogP contribution in [0.15, 0.2) is 47.4 Å². The van der Waals surface area contributed by atoms with Gasteiger partial charge in [0.1, 0.15) is 5.75 Å². The van der Waals surface area contributed by atoms with Gasteiger partial charge >= 0.3 is 0 Å². The van der Waals surface area contributed by atoms with E-state index in [1.54, 1.807) is 12.1 Å². The minimum absolute atomic E-state index is 0.136. The number of carbonyl (C=O) groups is 1. The normalized spacial score (nSPS) is 11.1. The molecule has 0 spiro atoms. The van der Waals surface area contributed by atoms with Gasteiger partial charge in [-0.25, -0.2) is 8.42 Å². The predicted octanol–water partition coefficient (Wildman–Crippen LogP) is 1.56. The zero-order valence-electron chi connectivity index (χ0n) is 11.2. The number of nitrogens with two attached hydrogens (primary N) is 2. The van der Waals surface area contributed by atoms with Crippen LogP contribution in [0.4, 0.5) is 5.69 Å². The number of amides is 1. The highest BCUT2D eigenvalue weighted by Crippen LogP contribution is 2.30. The molecule has 2 rings (SSSR count). The molecule has 0 aliphatic carbocycles. The second kappa shape index (κ2) is 5.45. The van der Waals surface area contributed by atoms with Gasteiger partial charge in [0.25, 0.3) is 5.91 Å². The Morgan fingerprint density at radius 2 is 1.71 bits per heavy atom. The minimum Gasteiger partial charge on any atom is -0.455 e. The van der Waals surface area contributed by atoms with Crippen molar-refractivity contribution in [2.24, 2.45) is 5.73 Å². The molecule has 0 unspecified atom stereocenters. The van der Waals surface area contributed by atoms with Crippen LogP contribution in [0.3, 0.4) is 0 Å². The number of anilines is 1. The van der Waals surface area contributed by atoms with Gasteiger partial charge in [-0.1, -0.05) is 6.07 Å². The van der Waals surface area contributed by atoms with Gasteiger partial charge in [-0.05, 0) is 36.4 Å². The third-order valence-corrected chi connectivity index (χ3v) is 3.94. The summed E-state index contributed by atoms with van der Waals surface area (Å²) >= 11 is 0. The molecule has 2 aromatic rings. The molecule has 0 aromatic heterocycles. The Morgan fingerprint density at radius 3 is 2.24 bits per heavy atom. The van der Waals surface area contributed by atoms with E-state index in [4.69, 9.17) is 16.2 Å². The lowest BCUT2D eigenvalue weighted by molar-refractivity contribution is 0.100. The van der Waals surface area contributed by atoms with Gasteiger partial charge in [-0.3, -0.25) is 4.79 Å². The molecule has 0 aliphatic rings. The SMILES string of the molecule is CS(=O)(=O)c1ccc(Oc2cccc(C(N)=O)c2N)cc1. The molecule has 0 saturated heterocycles. The summed E-state index contributed by atoms with van der Waals surface area (Å²) in [5, 5.41) is 0. The van der Waals surface area contributed by atoms with Crippen LogP contribution in [0.2, 0.25) is 0 Å². The number of rotatable bonds is 4. The van der Waals surface area contributed by atoms with Crippen LogP contribution in [-0.4, -0.2) is 20.6 Å². The number of para-hydroxylation sites is 1. The van der Waals surface area contributed by atoms with E-state index in [1.165, 1.54) is 30.3 Å². The summed E-state index contributed by atoms with van der Waals surface area (Å²) in [5.41, 5.74) is 11.3. The van der Waals surface area contributed by atoms with Crippen molar-refractivity contribution in [2.45, 2.75) is 4.90 Å². The van der Waals surface area contributed by atoms with Gasteiger partial charge in [-0.15, -0.1) is 0 Å². The molecular formula is C14H14N2O4S. The fourth-order valence-corrected chi connectivity index (χ4v) is 2.36. The lowest BCUT2D eigenvalue weighted by atomic mass is 10.1. The first-order valence-electron chi connectivity index (χ1n) is 5.95. The fourth-order valence-electron chi connectivity index (χ4n) is 1.73. The second-order valence-electron chi connectivity index (χ2n) is 4.43. The van der Waals surface area contributed by atoms with Crippen LogP contribution in [0.5, 0.6) is 11.5 Å². The molecule has 6 nitrogen and oxygen atoms in total. The molecule has 0 radical (unpaired) electrons. The van der Waals surface area contributed by atoms with Gasteiger partial charge in [0.05, 0.1) is 16.1 Å². The first-order chi connectivity index (χ1) is 9.79. The fraction of sp³-hybridized carbons (Fsp3) is 0.0714. The molecule has 7 heteroatoms. The van der Waals surface area contributed by atoms with Crippen LogP contribution < -0.4 is 16.2 Å². The zero-order valence-corrected chi connectivity index (χ0v) is 12.1. The molecule has 21 heavy (non-hydrogen) atoms. The summed E-state index contributed by atoms with van der Waals surface area (Å²) in [6, 6.07) is 10.6. The summed E-state index contributed by atoms with van der Waals surface area (Å²) in [5.74, 6) is 0.0273. The molecule has 4 N–H and O–H groups in total. The predicted molar refractivity (Wildman–Crippen MR) is 79.0 cm³/mol. The van der Waals surface area contributed by atoms with E-state index in [2.05, 4.69) is 0 Å². The van der Waals surface area contributed by atoms with Crippen molar-refractivity contribution in [3.05, 3.63) is 48.0 Å². The number of hydrogen-bond acceptors (Lipinski definition) is 5. The lowest BCUT2D eigenvalue weighted by Gasteiger charge is -2.10. The Hall–Kier alpha value is -2.54. The van der Waals surface area contributed by atoms with Gasteiger partial charge in [0.2, 0.25) is 0 Å². The lowest BCUT2D eigenvalue weighted by Crippen LogP contribution is -2.13. The van der Waals surface area contributed by atoms with E-state index in [0.29, 0.717) is 5.75 Å². The summed E-state index contributed by atoms with van der Waals surface area (Å²) in [6.07, 6.45) is 1.12. The van der Waals surface area contributed by atoms with E-state index >= 15 is 0 Å². The first-order valence-corrected chi connectivity index (χ1v) is 7.84. The first kappa shape index (κ1) is 14.9. The number of carbonyl (C=O) groups excluding carboxylic acids is 1. The smallest absolute Gasteiger partial charge is 0.250 e. The van der Waals surface area contributed by atoms with E-state index < -0.39 is 15.7 Å². The number of benzene rings is 2. The van der Waals surface area contributed by atoms with Crippen LogP contribution in [0.1, 0.15) is 10.4 Å². The molecular weight excluding hydrogens is 292 g/mol. The van der Waals surface area contributed by atoms with E-state index in [1.807, 2.05) is 0 Å². The number of hydrogen-bond donors (Lipinski definition) is 2. The van der Waals surface area contributed by atoms with E-state index in [0.717, 1.165) is 6.26 Å². The maximum atomic E-state index is 11.4. The van der Waals surface area contributed by atoms with E-state index in [-0.39, 0.29) is 21.9 Å². The quantitative estimate of drug-likeness (QED) is 0.832. The van der Waals surface area contributed by atoms with Crippen molar-refractivity contribution in [1.82, 2.24) is 0 Å². The van der Waals surface area contributed by atoms with Crippen LogP contribution in [-0.2, 0) is 9.84 Å². The molecule has 1 amide bonds. The number of nitrogen functional groups attached to an aromatic ring is 1. The Labute approximate surface area is 122 Å². The van der Waals surface area contributed by atoms with Crippen molar-refractivity contribution in [3.63, 3.8) is 0 Å². The Bertz CT molecular complexity index is 783. The van der Waals surface area contributed by atoms with Gasteiger partial charge in [-0.2, -0.15) is 0 Å². The minimum atomic E-state index is -3.26. The van der Waals surface area contributed by atoms with E-state index in [9.17, 15) is 13.2 Å². The highest BCUT2D eigenvalue weighted by molar-refractivity contribution is 7.90. The standard InChI is InChI=1S/C14H14N2O4S/c1-21(18,19)10-7-5-9(6-8-10)20-12-4-2-3-11(13(12)15)14(16)17/h2-8H,15H2,1H3,(H2,16,17). The van der Waals surface area contributed by atoms with Crippen molar-refractivity contribution < 1.29 is 17.9 Å². The van der Waals surface area contributed by atoms with Crippen molar-refractivity contribution in [1.29, 1.82) is 0 Å². The van der Waals surface area contributed by atoms with Gasteiger partial charge in [0.15, 0.2) is 15.6 Å². The van der Waals surface area contributed by atoms with Crippen molar-refractivity contribution in [3.8, 4) is 11.5 Å². The molecule has 0 fully saturated rings. The molecule has 0 bridgehead atoms. The van der Waals surface area contributed by atoms with Gasteiger partial charge < -0.3 is 16.2 Å². The highest BCUT2D eigenvalue weighted by atomic mass is 32.2. The summed E-state index contributed by atoms with van der Waals surface area (Å²) in [4.78, 5) is 11.4. The van der Waals surface area contributed by atoms with Crippen LogP contribution in [0.25, 0.3) is 0 Å². The van der Waals surface area contributed by atoms with Crippen LogP contribution in [0, 0.1) is 0 Å². The number of ether oxygens (including phenoxy) is 1. The molecule has 0 aliphatic heterocycles. The van der Waals surface area contributed by atoms with Crippen molar-refractivity contribution >= 4 is 21.4 Å². The molecule has 110 valence electrons. The topological polar surface area (TPSA) is 112 Å². The molecule has 0 atom stereocenters. The average molecular weight is 306 g/mol. The van der Waals surface area contributed by atoms with Crippen LogP contribution >= 0.6 is 0 Å². The molecule has 0 heterocycles. The van der Waals surface area contributed by atoms with Gasteiger partial charge in [0, 0.05) is 6.26 Å². The molecule has 0 saturated carbocycles. The maximum absolute atomic E-state index is 11.4. The third kappa shape index (κ3) is 3.32. The summed E-state index contributed by atoms with van der Waals surface area (Å²) < 4.78 is 28.3. The Balaban J connectivity index is 2.31. The Morgan fingerprint density at radius 1 is 1.10 bits per heavy atom.